The van der Waals surface area contributed by atoms with Crippen molar-refractivity contribution in [1.82, 2.24) is 4.90 Å². The molecule has 0 saturated heterocycles. The third-order valence-electron chi connectivity index (χ3n) is 2.64. The molecule has 0 aliphatic rings. The molecule has 5 heteroatoms. The van der Waals surface area contributed by atoms with Crippen LogP contribution in [0, 0.1) is 0 Å². The number of carboxylic acids is 1. The monoisotopic (exact) mass is 269 g/mol. The van der Waals surface area contributed by atoms with Crippen molar-refractivity contribution in [1.29, 1.82) is 0 Å². The van der Waals surface area contributed by atoms with E-state index in [4.69, 9.17) is 9.84 Å². The average Bonchev–Trinajstić information content (AvgIpc) is 2.74. The molecule has 0 aliphatic heterocycles. The number of thiophene rings is 1. The highest BCUT2D eigenvalue weighted by molar-refractivity contribution is 7.12. The summed E-state index contributed by atoms with van der Waals surface area (Å²) in [7, 11) is 3.75. The number of hydrogen-bond donors (Lipinski definition) is 1. The molecule has 0 fully saturated rings. The van der Waals surface area contributed by atoms with Gasteiger partial charge in [0, 0.05) is 35.5 Å². The summed E-state index contributed by atoms with van der Waals surface area (Å²) in [4.78, 5) is 14.8. The van der Waals surface area contributed by atoms with Crippen LogP contribution in [0.25, 0.3) is 6.08 Å². The molecule has 1 aromatic rings. The van der Waals surface area contributed by atoms with E-state index in [-0.39, 0.29) is 0 Å². The van der Waals surface area contributed by atoms with Crippen LogP contribution >= 0.6 is 11.3 Å². The molecule has 100 valence electrons. The van der Waals surface area contributed by atoms with Crippen LogP contribution in [0.2, 0.25) is 0 Å². The van der Waals surface area contributed by atoms with Crippen molar-refractivity contribution in [3.63, 3.8) is 0 Å². The van der Waals surface area contributed by atoms with E-state index in [1.165, 1.54) is 4.88 Å². The Morgan fingerprint density at radius 3 is 2.94 bits per heavy atom. The maximum atomic E-state index is 10.4. The fourth-order valence-corrected chi connectivity index (χ4v) is 2.47. The standard InChI is InChI=1S/C13H19NO3S/c1-10(9-17-3)14(2)8-12-5-4-11(18-12)6-7-13(15)16/h4-7,10H,8-9H2,1-3H3,(H,15,16). The second-order valence-electron chi connectivity index (χ2n) is 4.20. The normalized spacial score (nSPS) is 13.3. The van der Waals surface area contributed by atoms with Crippen molar-refractivity contribution in [3.05, 3.63) is 28.0 Å². The molecular weight excluding hydrogens is 250 g/mol. The Hall–Kier alpha value is -1.17. The first-order valence-corrected chi connectivity index (χ1v) is 6.53. The van der Waals surface area contributed by atoms with E-state index in [9.17, 15) is 4.79 Å². The van der Waals surface area contributed by atoms with Gasteiger partial charge in [-0.25, -0.2) is 4.79 Å². The number of carbonyl (C=O) groups is 1. The molecule has 0 saturated carbocycles. The third-order valence-corrected chi connectivity index (χ3v) is 3.67. The lowest BCUT2D eigenvalue weighted by Crippen LogP contribution is -2.31. The van der Waals surface area contributed by atoms with Crippen molar-refractivity contribution in [2.24, 2.45) is 0 Å². The SMILES string of the molecule is COCC(C)N(C)Cc1ccc(C=CC(=O)O)s1. The van der Waals surface area contributed by atoms with E-state index in [0.29, 0.717) is 12.6 Å². The summed E-state index contributed by atoms with van der Waals surface area (Å²) in [5.74, 6) is -0.921. The highest BCUT2D eigenvalue weighted by Gasteiger charge is 2.10. The highest BCUT2D eigenvalue weighted by atomic mass is 32.1. The van der Waals surface area contributed by atoms with Crippen LogP contribution in [-0.4, -0.2) is 42.8 Å². The summed E-state index contributed by atoms with van der Waals surface area (Å²) in [5, 5.41) is 8.55. The van der Waals surface area contributed by atoms with Gasteiger partial charge in [0.15, 0.2) is 0 Å². The molecule has 4 nitrogen and oxygen atoms in total. The predicted molar refractivity (Wildman–Crippen MR) is 73.8 cm³/mol. The molecule has 0 aliphatic carbocycles. The van der Waals surface area contributed by atoms with Crippen LogP contribution in [0.15, 0.2) is 18.2 Å². The zero-order valence-electron chi connectivity index (χ0n) is 10.9. The molecule has 0 spiro atoms. The summed E-state index contributed by atoms with van der Waals surface area (Å²) in [6.07, 6.45) is 2.78. The molecular formula is C13H19NO3S. The molecule has 1 atom stereocenters. The summed E-state index contributed by atoms with van der Waals surface area (Å²) in [5.41, 5.74) is 0. The van der Waals surface area contributed by atoms with Crippen LogP contribution < -0.4 is 0 Å². The molecule has 1 aromatic heterocycles. The van der Waals surface area contributed by atoms with Crippen molar-refractivity contribution in [2.45, 2.75) is 19.5 Å². The van der Waals surface area contributed by atoms with E-state index >= 15 is 0 Å². The van der Waals surface area contributed by atoms with Gasteiger partial charge in [0.1, 0.15) is 0 Å². The van der Waals surface area contributed by atoms with Gasteiger partial charge in [0.05, 0.1) is 6.61 Å². The van der Waals surface area contributed by atoms with Crippen LogP contribution in [-0.2, 0) is 16.1 Å². The smallest absolute Gasteiger partial charge is 0.328 e. The predicted octanol–water partition coefficient (Wildman–Crippen LogP) is 2.31. The number of carboxylic acid groups (broad SMARTS) is 1. The van der Waals surface area contributed by atoms with Crippen molar-refractivity contribution in [2.75, 3.05) is 20.8 Å². The highest BCUT2D eigenvalue weighted by Crippen LogP contribution is 2.20. The maximum absolute atomic E-state index is 10.4. The Morgan fingerprint density at radius 2 is 2.33 bits per heavy atom. The van der Waals surface area contributed by atoms with Crippen LogP contribution in [0.4, 0.5) is 0 Å². The van der Waals surface area contributed by atoms with E-state index in [2.05, 4.69) is 18.9 Å². The molecule has 0 aromatic carbocycles. The van der Waals surface area contributed by atoms with Crippen molar-refractivity contribution in [3.8, 4) is 0 Å². The lowest BCUT2D eigenvalue weighted by molar-refractivity contribution is -0.131. The fraction of sp³-hybridized carbons (Fsp3) is 0.462. The Morgan fingerprint density at radius 1 is 1.61 bits per heavy atom. The zero-order chi connectivity index (χ0) is 13.5. The van der Waals surface area contributed by atoms with Gasteiger partial charge in [-0.2, -0.15) is 0 Å². The molecule has 1 N–H and O–H groups in total. The number of aliphatic carboxylic acids is 1. The van der Waals surface area contributed by atoms with Crippen molar-refractivity contribution >= 4 is 23.4 Å². The number of nitrogens with zero attached hydrogens (tertiary/aromatic N) is 1. The lowest BCUT2D eigenvalue weighted by Gasteiger charge is -2.23. The first-order valence-electron chi connectivity index (χ1n) is 5.72. The summed E-state index contributed by atoms with van der Waals surface area (Å²) in [6, 6.07) is 4.33. The first kappa shape index (κ1) is 14.9. The van der Waals surface area contributed by atoms with Gasteiger partial charge in [0.25, 0.3) is 0 Å². The van der Waals surface area contributed by atoms with Gasteiger partial charge in [-0.05, 0) is 32.2 Å². The number of hydrogen-bond acceptors (Lipinski definition) is 4. The number of methoxy groups -OCH3 is 1. The fourth-order valence-electron chi connectivity index (χ4n) is 1.49. The van der Waals surface area contributed by atoms with E-state index < -0.39 is 5.97 Å². The van der Waals surface area contributed by atoms with Crippen LogP contribution in [0.5, 0.6) is 0 Å². The van der Waals surface area contributed by atoms with Gasteiger partial charge in [-0.3, -0.25) is 4.90 Å². The molecule has 1 heterocycles. The maximum Gasteiger partial charge on any atom is 0.328 e. The minimum Gasteiger partial charge on any atom is -0.478 e. The quantitative estimate of drug-likeness (QED) is 0.772. The first-order chi connectivity index (χ1) is 8.52. The topological polar surface area (TPSA) is 49.8 Å². The van der Waals surface area contributed by atoms with E-state index in [1.54, 1.807) is 24.5 Å². The van der Waals surface area contributed by atoms with Gasteiger partial charge < -0.3 is 9.84 Å². The second-order valence-corrected chi connectivity index (χ2v) is 5.40. The van der Waals surface area contributed by atoms with Gasteiger partial charge >= 0.3 is 5.97 Å². The Bertz CT molecular complexity index is 414. The Kier molecular flexibility index (Phi) is 6.04. The van der Waals surface area contributed by atoms with Gasteiger partial charge in [-0.15, -0.1) is 11.3 Å². The number of rotatable bonds is 7. The minimum absolute atomic E-state index is 0.357. The molecule has 1 rings (SSSR count). The van der Waals surface area contributed by atoms with E-state index in [1.807, 2.05) is 12.1 Å². The summed E-state index contributed by atoms with van der Waals surface area (Å²) >= 11 is 1.61. The number of ether oxygens (including phenoxy) is 1. The Labute approximate surface area is 111 Å². The average molecular weight is 269 g/mol. The molecule has 1 unspecified atom stereocenters. The largest absolute Gasteiger partial charge is 0.478 e. The van der Waals surface area contributed by atoms with Crippen LogP contribution in [0.3, 0.4) is 0 Å². The minimum atomic E-state index is -0.921. The molecule has 0 bridgehead atoms. The van der Waals surface area contributed by atoms with Crippen LogP contribution in [0.1, 0.15) is 16.7 Å². The lowest BCUT2D eigenvalue weighted by atomic mass is 10.3. The zero-order valence-corrected chi connectivity index (χ0v) is 11.7. The van der Waals surface area contributed by atoms with E-state index in [0.717, 1.165) is 17.5 Å². The second kappa shape index (κ2) is 7.31. The van der Waals surface area contributed by atoms with Gasteiger partial charge in [0.2, 0.25) is 0 Å². The molecule has 0 radical (unpaired) electrons. The molecule has 0 amide bonds. The van der Waals surface area contributed by atoms with Gasteiger partial charge in [-0.1, -0.05) is 0 Å². The van der Waals surface area contributed by atoms with Crippen molar-refractivity contribution < 1.29 is 14.6 Å². The summed E-state index contributed by atoms with van der Waals surface area (Å²) < 4.78 is 5.12. The third kappa shape index (κ3) is 5.00. The summed E-state index contributed by atoms with van der Waals surface area (Å²) in [6.45, 7) is 3.66. The molecule has 18 heavy (non-hydrogen) atoms. The number of likely N-dealkylation sites (N-methyl/N-ethyl adjacent to an activating group) is 1. The Balaban J connectivity index is 2.55.